The van der Waals surface area contributed by atoms with Crippen molar-refractivity contribution in [2.75, 3.05) is 6.61 Å². The molecule has 23 heteroatoms. The van der Waals surface area contributed by atoms with E-state index in [0.717, 1.165) is 24.8 Å². The Morgan fingerprint density at radius 3 is 1.79 bits per heavy atom. The molecule has 0 spiro atoms. The topological polar surface area (TPSA) is 269 Å². The molecule has 25 unspecified atom stereocenters. The van der Waals surface area contributed by atoms with Crippen molar-refractivity contribution in [3.63, 3.8) is 0 Å². The van der Waals surface area contributed by atoms with Crippen LogP contribution in [0.2, 0.25) is 0 Å². The number of ether oxygens (including phenoxy) is 11. The average molecular weight is 1080 g/mol. The maximum absolute atomic E-state index is 11.9. The highest BCUT2D eigenvalue weighted by Gasteiger charge is 2.62. The van der Waals surface area contributed by atoms with Crippen LogP contribution in [-0.2, 0) is 81.3 Å². The summed E-state index contributed by atoms with van der Waals surface area (Å²) in [6.07, 6.45) is 1.79. The van der Waals surface area contributed by atoms with Crippen LogP contribution in [0.5, 0.6) is 0 Å². The van der Waals surface area contributed by atoms with E-state index in [1.54, 1.807) is 25.2 Å². The van der Waals surface area contributed by atoms with Crippen molar-refractivity contribution in [2.45, 2.75) is 268 Å². The van der Waals surface area contributed by atoms with Gasteiger partial charge in [0.05, 0.1) is 121 Å². The molecule has 0 radical (unpaired) electrons. The van der Waals surface area contributed by atoms with Crippen LogP contribution in [0.25, 0.3) is 0 Å². The second-order valence-corrected chi connectivity index (χ2v) is 25.6. The van der Waals surface area contributed by atoms with Crippen LogP contribution < -0.4 is 0 Å². The van der Waals surface area contributed by atoms with Crippen molar-refractivity contribution in [1.29, 1.82) is 0 Å². The first-order chi connectivity index (χ1) is 34.4. The number of allylic oxidation sites excluding steroid dienone is 2. The second-order valence-electron chi connectivity index (χ2n) is 23.5. The van der Waals surface area contributed by atoms with Crippen molar-refractivity contribution in [2.24, 2.45) is 0 Å². The highest BCUT2D eigenvalue weighted by molar-refractivity contribution is 7.81. The van der Waals surface area contributed by atoms with Crippen molar-refractivity contribution in [3.05, 3.63) is 37.0 Å². The van der Waals surface area contributed by atoms with E-state index in [4.69, 9.17) is 60.8 Å². The van der Waals surface area contributed by atoms with Gasteiger partial charge in [-0.05, 0) is 71.8 Å². The quantitative estimate of drug-likeness (QED) is 0.146. The Balaban J connectivity index is 0.739. The SMILES string of the molecule is C=C/C=C/C(C)(O)C1OC2CC3OC4CC5OC6CC7OC8CC9OC%10CC%11OC(C)(CCOS(=O)(=O)O)C(OS(=O)(=O)O)CC%11OC%10CC9OC8CCC7(C)OC6(C)CCCC5OC4C(O)C3OC2CC1=C. The molecule has 0 aromatic carbocycles. The summed E-state index contributed by atoms with van der Waals surface area (Å²) >= 11 is 0. The van der Waals surface area contributed by atoms with E-state index in [-0.39, 0.29) is 73.9 Å². The zero-order chi connectivity index (χ0) is 51.6. The smallest absolute Gasteiger partial charge is 0.387 e. The van der Waals surface area contributed by atoms with Crippen LogP contribution in [0.15, 0.2) is 37.0 Å². The zero-order valence-corrected chi connectivity index (χ0v) is 43.6. The maximum atomic E-state index is 11.9. The predicted molar refractivity (Wildman–Crippen MR) is 253 cm³/mol. The van der Waals surface area contributed by atoms with Crippen LogP contribution >= 0.6 is 0 Å². The molecule has 0 bridgehead atoms. The van der Waals surface area contributed by atoms with Gasteiger partial charge in [-0.3, -0.25) is 9.11 Å². The van der Waals surface area contributed by atoms with E-state index in [0.29, 0.717) is 57.8 Å². The number of hydrogen-bond donors (Lipinski definition) is 4. The van der Waals surface area contributed by atoms with E-state index in [9.17, 15) is 31.6 Å². The third kappa shape index (κ3) is 10.6. The van der Waals surface area contributed by atoms with Gasteiger partial charge in [0.1, 0.15) is 36.1 Å². The summed E-state index contributed by atoms with van der Waals surface area (Å²) in [5, 5.41) is 23.2. The standard InChI is InChI=1S/C50H74O21S2/c1-7-8-12-47(3,52)46-25(2)17-28-35(68-46)22-39-45(67-28)43(51)44-38(63-39)21-30-26(66-44)10-9-13-49(5)40(65-30)24-41-50(6,71-49)14-11-27-29(64-41)18-32-31(60-27)19-33-34(61-32)20-37-36(62-33)23-42(70-73(56,57)58)48(4,69-37)15-16-59-72(53,54)55/h7-8,12,26-46,51-52H,1-2,9-11,13-24H2,3-6H3,(H,53,54,55)(H,56,57,58)/b12-8+. The molecule has 11 saturated heterocycles. The number of fused-ring (bicyclic) bond motifs is 10. The van der Waals surface area contributed by atoms with Crippen molar-refractivity contribution in [3.8, 4) is 0 Å². The predicted octanol–water partition coefficient (Wildman–Crippen LogP) is 3.48. The Bertz CT molecular complexity index is 2330. The fourth-order valence-corrected chi connectivity index (χ4v) is 15.4. The first kappa shape index (κ1) is 53.4. The Labute approximate surface area is 427 Å². The number of aliphatic hydroxyl groups is 2. The molecule has 25 atom stereocenters. The van der Waals surface area contributed by atoms with Gasteiger partial charge < -0.3 is 62.3 Å². The lowest BCUT2D eigenvalue weighted by atomic mass is 9.76. The molecule has 0 aliphatic carbocycles. The number of aliphatic hydroxyl groups excluding tert-OH is 1. The van der Waals surface area contributed by atoms with Gasteiger partial charge in [0.2, 0.25) is 0 Å². The molecule has 11 fully saturated rings. The molecular weight excluding hydrogens is 1000 g/mol. The second kappa shape index (κ2) is 19.7. The molecular formula is C50H74O21S2. The molecule has 412 valence electrons. The van der Waals surface area contributed by atoms with Gasteiger partial charge in [-0.25, -0.2) is 8.37 Å². The summed E-state index contributed by atoms with van der Waals surface area (Å²) < 4.78 is 150. The van der Waals surface area contributed by atoms with Gasteiger partial charge >= 0.3 is 20.8 Å². The van der Waals surface area contributed by atoms with Crippen LogP contribution in [0.4, 0.5) is 0 Å². The molecule has 21 nitrogen and oxygen atoms in total. The molecule has 0 saturated carbocycles. The normalized spacial score (nSPS) is 51.7. The van der Waals surface area contributed by atoms with E-state index in [2.05, 4.69) is 31.2 Å². The minimum absolute atomic E-state index is 0.00621. The third-order valence-electron chi connectivity index (χ3n) is 18.2. The lowest BCUT2D eigenvalue weighted by Gasteiger charge is -2.57. The van der Waals surface area contributed by atoms with Crippen molar-refractivity contribution >= 4 is 20.8 Å². The highest BCUT2D eigenvalue weighted by Crippen LogP contribution is 2.52. The fraction of sp³-hybridized carbons (Fsp3) is 0.880. The molecule has 0 aromatic heterocycles. The van der Waals surface area contributed by atoms with E-state index < -0.39 is 117 Å². The molecule has 11 heterocycles. The van der Waals surface area contributed by atoms with E-state index in [1.165, 1.54) is 6.92 Å². The summed E-state index contributed by atoms with van der Waals surface area (Å²) in [5.74, 6) is 0. The minimum atomic E-state index is -4.94. The summed E-state index contributed by atoms with van der Waals surface area (Å²) in [6.45, 7) is 14.9. The molecule has 0 amide bonds. The molecule has 11 rings (SSSR count). The summed E-state index contributed by atoms with van der Waals surface area (Å²) in [6, 6.07) is 0. The van der Waals surface area contributed by atoms with E-state index in [1.807, 2.05) is 0 Å². The van der Waals surface area contributed by atoms with Crippen LogP contribution in [-0.4, -0.2) is 193 Å². The van der Waals surface area contributed by atoms with Gasteiger partial charge in [-0.15, -0.1) is 0 Å². The lowest BCUT2D eigenvalue weighted by Crippen LogP contribution is -2.69. The van der Waals surface area contributed by atoms with Crippen LogP contribution in [0.3, 0.4) is 0 Å². The zero-order valence-electron chi connectivity index (χ0n) is 41.9. The Hall–Kier alpha value is -1.56. The number of hydrogen-bond acceptors (Lipinski definition) is 19. The summed E-state index contributed by atoms with van der Waals surface area (Å²) in [4.78, 5) is 0. The summed E-state index contributed by atoms with van der Waals surface area (Å²) in [7, 11) is -9.72. The minimum Gasteiger partial charge on any atom is -0.387 e. The molecule has 0 aromatic rings. The van der Waals surface area contributed by atoms with E-state index >= 15 is 0 Å². The monoisotopic (exact) mass is 1070 g/mol. The van der Waals surface area contributed by atoms with Crippen LogP contribution in [0, 0.1) is 0 Å². The molecule has 73 heavy (non-hydrogen) atoms. The van der Waals surface area contributed by atoms with Gasteiger partial charge in [-0.1, -0.05) is 31.4 Å². The maximum Gasteiger partial charge on any atom is 0.397 e. The fourth-order valence-electron chi connectivity index (χ4n) is 14.5. The van der Waals surface area contributed by atoms with Crippen molar-refractivity contribution in [1.82, 2.24) is 0 Å². The molecule has 11 aliphatic heterocycles. The van der Waals surface area contributed by atoms with Crippen LogP contribution in [0.1, 0.15) is 118 Å². The Kier molecular flexibility index (Phi) is 14.4. The first-order valence-electron chi connectivity index (χ1n) is 26.3. The third-order valence-corrected chi connectivity index (χ3v) is 19.1. The highest BCUT2D eigenvalue weighted by atomic mass is 32.3. The molecule has 11 aliphatic rings. The van der Waals surface area contributed by atoms with Gasteiger partial charge in [0.25, 0.3) is 0 Å². The first-order valence-corrected chi connectivity index (χ1v) is 29.0. The van der Waals surface area contributed by atoms with Gasteiger partial charge in [-0.2, -0.15) is 16.8 Å². The lowest BCUT2D eigenvalue weighted by molar-refractivity contribution is -0.344. The Morgan fingerprint density at radius 1 is 0.658 bits per heavy atom. The van der Waals surface area contributed by atoms with Gasteiger partial charge in [0.15, 0.2) is 0 Å². The van der Waals surface area contributed by atoms with Gasteiger partial charge in [0, 0.05) is 51.4 Å². The van der Waals surface area contributed by atoms with Crippen molar-refractivity contribution < 1.29 is 96.6 Å². The molecule has 4 N–H and O–H groups in total. The summed E-state index contributed by atoms with van der Waals surface area (Å²) in [5.41, 5.74) is -3.29. The Morgan fingerprint density at radius 2 is 1.18 bits per heavy atom. The number of rotatable bonds is 9. The average Bonchev–Trinajstić information content (AvgIpc) is 3.42. The largest absolute Gasteiger partial charge is 0.397 e.